The number of anilines is 1. The van der Waals surface area contributed by atoms with Gasteiger partial charge in [0, 0.05) is 19.2 Å². The number of aromatic nitrogens is 1. The van der Waals surface area contributed by atoms with E-state index >= 15 is 0 Å². The number of aromatic amines is 1. The van der Waals surface area contributed by atoms with Gasteiger partial charge in [0.2, 0.25) is 5.88 Å². The van der Waals surface area contributed by atoms with Crippen molar-refractivity contribution >= 4 is 17.0 Å². The molecule has 0 atom stereocenters. The minimum Gasteiger partial charge on any atom is -0.494 e. The Balaban J connectivity index is 2.20. The van der Waals surface area contributed by atoms with Crippen LogP contribution in [-0.2, 0) is 6.42 Å². The van der Waals surface area contributed by atoms with Crippen molar-refractivity contribution in [3.8, 4) is 5.88 Å². The molecule has 5 heteroatoms. The number of H-pyrrole nitrogens is 1. The molecule has 0 aliphatic rings. The van der Waals surface area contributed by atoms with Gasteiger partial charge in [-0.05, 0) is 17.7 Å². The van der Waals surface area contributed by atoms with Gasteiger partial charge in [0.15, 0.2) is 0 Å². The Morgan fingerprint density at radius 3 is 2.56 bits per heavy atom. The summed E-state index contributed by atoms with van der Waals surface area (Å²) >= 11 is 1.04. The van der Waals surface area contributed by atoms with Crippen molar-refractivity contribution in [3.05, 3.63) is 44.4 Å². The molecule has 84 valence electrons. The number of thiazole rings is 1. The maximum Gasteiger partial charge on any atom is 0.307 e. The van der Waals surface area contributed by atoms with Crippen LogP contribution < -0.4 is 10.2 Å². The topological polar surface area (TPSA) is 65.1 Å². The molecule has 1 aromatic carbocycles. The van der Waals surface area contributed by atoms with Gasteiger partial charge in [0.1, 0.15) is 0 Å². The highest BCUT2D eigenvalue weighted by Gasteiger charge is 2.07. The Kier molecular flexibility index (Phi) is 2.96. The quantitative estimate of drug-likeness (QED) is 0.761. The molecule has 0 saturated heterocycles. The molecule has 0 spiro atoms. The van der Waals surface area contributed by atoms with Crippen molar-refractivity contribution in [2.24, 2.45) is 0 Å². The Hall–Kier alpha value is -1.75. The molecule has 0 bridgehead atoms. The highest BCUT2D eigenvalue weighted by atomic mass is 32.1. The van der Waals surface area contributed by atoms with Gasteiger partial charge in [-0.2, -0.15) is 0 Å². The third-order valence-corrected chi connectivity index (χ3v) is 3.18. The molecule has 0 radical (unpaired) electrons. The molecule has 0 unspecified atom stereocenters. The molecular formula is C11H12N2O2S. The zero-order chi connectivity index (χ0) is 11.5. The van der Waals surface area contributed by atoms with Crippen LogP contribution >= 0.6 is 11.3 Å². The molecule has 0 saturated carbocycles. The van der Waals surface area contributed by atoms with Crippen LogP contribution in [0.15, 0.2) is 29.1 Å². The minimum atomic E-state index is -0.223. The van der Waals surface area contributed by atoms with E-state index in [-0.39, 0.29) is 10.8 Å². The van der Waals surface area contributed by atoms with Gasteiger partial charge in [0.25, 0.3) is 0 Å². The van der Waals surface area contributed by atoms with Gasteiger partial charge < -0.3 is 10.4 Å². The van der Waals surface area contributed by atoms with Crippen molar-refractivity contribution in [1.82, 2.24) is 4.98 Å². The fourth-order valence-electron chi connectivity index (χ4n) is 1.45. The van der Waals surface area contributed by atoms with Gasteiger partial charge in [-0.25, -0.2) is 0 Å². The van der Waals surface area contributed by atoms with Crippen molar-refractivity contribution in [2.75, 3.05) is 12.4 Å². The first-order valence-electron chi connectivity index (χ1n) is 4.86. The van der Waals surface area contributed by atoms with Crippen molar-refractivity contribution in [3.63, 3.8) is 0 Å². The number of benzene rings is 1. The zero-order valence-electron chi connectivity index (χ0n) is 8.78. The van der Waals surface area contributed by atoms with E-state index in [0.29, 0.717) is 11.3 Å². The maximum atomic E-state index is 11.0. The summed E-state index contributed by atoms with van der Waals surface area (Å²) in [7, 11) is 1.86. The summed E-state index contributed by atoms with van der Waals surface area (Å²) in [6, 6.07) is 7.86. The van der Waals surface area contributed by atoms with Crippen molar-refractivity contribution in [2.45, 2.75) is 6.42 Å². The predicted octanol–water partition coefficient (Wildman–Crippen LogP) is 1.77. The highest BCUT2D eigenvalue weighted by molar-refractivity contribution is 7.09. The van der Waals surface area contributed by atoms with E-state index in [4.69, 9.17) is 0 Å². The fraction of sp³-hybridized carbons (Fsp3) is 0.182. The van der Waals surface area contributed by atoms with Crippen LogP contribution in [-0.4, -0.2) is 17.1 Å². The summed E-state index contributed by atoms with van der Waals surface area (Å²) in [6.07, 6.45) is 0.569. The average Bonchev–Trinajstić information content (AvgIpc) is 2.59. The molecule has 16 heavy (non-hydrogen) atoms. The van der Waals surface area contributed by atoms with Crippen LogP contribution in [0.25, 0.3) is 0 Å². The van der Waals surface area contributed by atoms with E-state index in [1.54, 1.807) is 0 Å². The van der Waals surface area contributed by atoms with Crippen LogP contribution in [0.2, 0.25) is 0 Å². The van der Waals surface area contributed by atoms with E-state index in [1.165, 1.54) is 0 Å². The lowest BCUT2D eigenvalue weighted by molar-refractivity contribution is 0.451. The lowest BCUT2D eigenvalue weighted by Gasteiger charge is -2.02. The fourth-order valence-corrected chi connectivity index (χ4v) is 2.20. The standard InChI is InChI=1S/C11H12N2O2S/c1-12-8-4-2-7(3-5-8)6-9-10(14)13-11(15)16-9/h2-5,12,14H,6H2,1H3,(H,13,15). The molecule has 0 aliphatic heterocycles. The van der Waals surface area contributed by atoms with Gasteiger partial charge in [-0.1, -0.05) is 23.5 Å². The number of hydrogen-bond acceptors (Lipinski definition) is 4. The number of aromatic hydroxyl groups is 1. The van der Waals surface area contributed by atoms with Gasteiger partial charge in [-0.15, -0.1) is 0 Å². The molecule has 1 aromatic heterocycles. The van der Waals surface area contributed by atoms with E-state index in [2.05, 4.69) is 10.3 Å². The second-order valence-corrected chi connectivity index (χ2v) is 4.48. The highest BCUT2D eigenvalue weighted by Crippen LogP contribution is 2.20. The first-order chi connectivity index (χ1) is 7.69. The molecule has 2 rings (SSSR count). The molecule has 0 fully saturated rings. The third-order valence-electron chi connectivity index (χ3n) is 2.31. The Morgan fingerprint density at radius 2 is 2.06 bits per heavy atom. The van der Waals surface area contributed by atoms with E-state index in [1.807, 2.05) is 31.3 Å². The smallest absolute Gasteiger partial charge is 0.307 e. The second kappa shape index (κ2) is 4.40. The maximum absolute atomic E-state index is 11.0. The largest absolute Gasteiger partial charge is 0.494 e. The number of rotatable bonds is 3. The van der Waals surface area contributed by atoms with Gasteiger partial charge in [-0.3, -0.25) is 9.78 Å². The van der Waals surface area contributed by atoms with E-state index < -0.39 is 0 Å². The zero-order valence-corrected chi connectivity index (χ0v) is 9.60. The molecular weight excluding hydrogens is 224 g/mol. The summed E-state index contributed by atoms with van der Waals surface area (Å²) in [4.78, 5) is 13.8. The van der Waals surface area contributed by atoms with Gasteiger partial charge in [0.05, 0.1) is 4.88 Å². The Bertz CT molecular complexity index is 528. The number of nitrogens with one attached hydrogen (secondary N) is 2. The first kappa shape index (κ1) is 10.8. The molecule has 4 nitrogen and oxygen atoms in total. The summed E-state index contributed by atoms with van der Waals surface area (Å²) in [6.45, 7) is 0. The van der Waals surface area contributed by atoms with Crippen LogP contribution in [0.1, 0.15) is 10.4 Å². The SMILES string of the molecule is CNc1ccc(Cc2sc(=O)[nH]c2O)cc1. The summed E-state index contributed by atoms with van der Waals surface area (Å²) < 4.78 is 0. The minimum absolute atomic E-state index is 0.0207. The van der Waals surface area contributed by atoms with Crippen LogP contribution in [0, 0.1) is 0 Å². The monoisotopic (exact) mass is 236 g/mol. The lowest BCUT2D eigenvalue weighted by atomic mass is 10.1. The predicted molar refractivity (Wildman–Crippen MR) is 65.4 cm³/mol. The average molecular weight is 236 g/mol. The summed E-state index contributed by atoms with van der Waals surface area (Å²) in [5.74, 6) is -0.0207. The Morgan fingerprint density at radius 1 is 1.38 bits per heavy atom. The Labute approximate surface area is 96.6 Å². The third kappa shape index (κ3) is 2.25. The van der Waals surface area contributed by atoms with Crippen molar-refractivity contribution in [1.29, 1.82) is 0 Å². The molecule has 2 aromatic rings. The molecule has 0 aliphatic carbocycles. The van der Waals surface area contributed by atoms with Gasteiger partial charge >= 0.3 is 4.87 Å². The molecule has 0 amide bonds. The number of hydrogen-bond donors (Lipinski definition) is 3. The van der Waals surface area contributed by atoms with E-state index in [9.17, 15) is 9.90 Å². The van der Waals surface area contributed by atoms with E-state index in [0.717, 1.165) is 22.6 Å². The summed E-state index contributed by atoms with van der Waals surface area (Å²) in [5, 5.41) is 12.5. The second-order valence-electron chi connectivity index (χ2n) is 3.41. The molecule has 3 N–H and O–H groups in total. The lowest BCUT2D eigenvalue weighted by Crippen LogP contribution is -1.89. The van der Waals surface area contributed by atoms with Crippen LogP contribution in [0.5, 0.6) is 5.88 Å². The van der Waals surface area contributed by atoms with Crippen molar-refractivity contribution < 1.29 is 5.11 Å². The van der Waals surface area contributed by atoms with Crippen LogP contribution in [0.4, 0.5) is 5.69 Å². The molecule has 1 heterocycles. The summed E-state index contributed by atoms with van der Waals surface area (Å²) in [5.41, 5.74) is 2.10. The first-order valence-corrected chi connectivity index (χ1v) is 5.68. The van der Waals surface area contributed by atoms with Crippen LogP contribution in [0.3, 0.4) is 0 Å². The normalized spacial score (nSPS) is 10.3.